The minimum atomic E-state index is 0.595. The van der Waals surface area contributed by atoms with Crippen LogP contribution in [0.2, 0.25) is 0 Å². The quantitative estimate of drug-likeness (QED) is 0.390. The normalized spacial score (nSPS) is 21.2. The first-order chi connectivity index (χ1) is 10.2. The molecule has 0 radical (unpaired) electrons. The number of hydrogen-bond donors (Lipinski definition) is 2. The van der Waals surface area contributed by atoms with Crippen LogP contribution < -0.4 is 10.6 Å². The van der Waals surface area contributed by atoms with Gasteiger partial charge in [0.25, 0.3) is 0 Å². The van der Waals surface area contributed by atoms with Gasteiger partial charge in [-0.15, -0.1) is 0 Å². The maximum atomic E-state index is 5.59. The van der Waals surface area contributed by atoms with Gasteiger partial charge in [0.05, 0.1) is 0 Å². The van der Waals surface area contributed by atoms with Gasteiger partial charge in [-0.1, -0.05) is 20.3 Å². The van der Waals surface area contributed by atoms with Crippen molar-refractivity contribution >= 4 is 5.96 Å². The van der Waals surface area contributed by atoms with Gasteiger partial charge in [0.15, 0.2) is 5.96 Å². The van der Waals surface area contributed by atoms with Crippen LogP contribution in [0.4, 0.5) is 0 Å². The molecule has 0 spiro atoms. The van der Waals surface area contributed by atoms with Crippen molar-refractivity contribution in [2.75, 3.05) is 33.4 Å². The molecule has 4 heteroatoms. The van der Waals surface area contributed by atoms with E-state index in [0.717, 1.165) is 44.6 Å². The number of hydrogen-bond acceptors (Lipinski definition) is 2. The average molecular weight is 295 g/mol. The molecule has 2 aliphatic rings. The molecule has 2 fully saturated rings. The largest absolute Gasteiger partial charge is 0.381 e. The zero-order valence-electron chi connectivity index (χ0n) is 14.1. The molecule has 2 rings (SSSR count). The molecular formula is C17H33N3O. The Kier molecular flexibility index (Phi) is 6.34. The number of nitrogens with one attached hydrogen (secondary N) is 2. The summed E-state index contributed by atoms with van der Waals surface area (Å²) < 4.78 is 5.59. The summed E-state index contributed by atoms with van der Waals surface area (Å²) in [7, 11) is 1.86. The number of ether oxygens (including phenoxy) is 1. The van der Waals surface area contributed by atoms with Crippen LogP contribution in [0.3, 0.4) is 0 Å². The van der Waals surface area contributed by atoms with Crippen LogP contribution in [0.15, 0.2) is 4.99 Å². The molecule has 21 heavy (non-hydrogen) atoms. The molecule has 122 valence electrons. The van der Waals surface area contributed by atoms with Crippen molar-refractivity contribution in [3.63, 3.8) is 0 Å². The Balaban J connectivity index is 1.56. The lowest BCUT2D eigenvalue weighted by atomic mass is 9.65. The van der Waals surface area contributed by atoms with Crippen LogP contribution in [0, 0.1) is 17.3 Å². The van der Waals surface area contributed by atoms with E-state index in [1.807, 2.05) is 7.05 Å². The van der Waals surface area contributed by atoms with E-state index in [1.54, 1.807) is 0 Å². The fourth-order valence-corrected chi connectivity index (χ4v) is 3.24. The van der Waals surface area contributed by atoms with E-state index in [9.17, 15) is 0 Å². The first-order valence-electron chi connectivity index (χ1n) is 8.68. The van der Waals surface area contributed by atoms with Crippen molar-refractivity contribution in [3.8, 4) is 0 Å². The maximum absolute atomic E-state index is 5.59. The molecule has 0 aromatic carbocycles. The lowest BCUT2D eigenvalue weighted by molar-refractivity contribution is 0.105. The lowest BCUT2D eigenvalue weighted by Crippen LogP contribution is -2.47. The predicted molar refractivity (Wildman–Crippen MR) is 88.6 cm³/mol. The van der Waals surface area contributed by atoms with Gasteiger partial charge >= 0.3 is 0 Å². The molecule has 4 nitrogen and oxygen atoms in total. The summed E-state index contributed by atoms with van der Waals surface area (Å²) in [4.78, 5) is 4.33. The summed E-state index contributed by atoms with van der Waals surface area (Å²) in [5.41, 5.74) is 0.595. The minimum Gasteiger partial charge on any atom is -0.381 e. The number of nitrogens with zero attached hydrogens (tertiary/aromatic N) is 1. The molecule has 0 heterocycles. The molecule has 2 N–H and O–H groups in total. The van der Waals surface area contributed by atoms with Crippen LogP contribution >= 0.6 is 0 Å². The number of rotatable bonds is 9. The van der Waals surface area contributed by atoms with Crippen LogP contribution in [0.25, 0.3) is 0 Å². The van der Waals surface area contributed by atoms with E-state index in [1.165, 1.54) is 32.1 Å². The van der Waals surface area contributed by atoms with Crippen LogP contribution in [-0.2, 0) is 4.74 Å². The van der Waals surface area contributed by atoms with Gasteiger partial charge in [-0.25, -0.2) is 0 Å². The van der Waals surface area contributed by atoms with E-state index in [-0.39, 0.29) is 0 Å². The second-order valence-corrected chi connectivity index (χ2v) is 7.17. The molecule has 0 unspecified atom stereocenters. The molecule has 0 bridgehead atoms. The topological polar surface area (TPSA) is 45.7 Å². The van der Waals surface area contributed by atoms with E-state index in [2.05, 4.69) is 29.5 Å². The summed E-state index contributed by atoms with van der Waals surface area (Å²) in [6.07, 6.45) is 8.15. The monoisotopic (exact) mass is 295 g/mol. The Hall–Kier alpha value is -0.770. The smallest absolute Gasteiger partial charge is 0.190 e. The van der Waals surface area contributed by atoms with Crippen LogP contribution in [-0.4, -0.2) is 39.3 Å². The highest BCUT2D eigenvalue weighted by atomic mass is 16.5. The highest BCUT2D eigenvalue weighted by Gasteiger charge is 2.48. The third kappa shape index (κ3) is 5.17. The Morgan fingerprint density at radius 2 is 2.05 bits per heavy atom. The summed E-state index contributed by atoms with van der Waals surface area (Å²) in [5.74, 6) is 2.56. The number of aliphatic imine (C=N–C) groups is 1. The second-order valence-electron chi connectivity index (χ2n) is 7.17. The van der Waals surface area contributed by atoms with Gasteiger partial charge in [0.1, 0.15) is 0 Å². The SMILES string of the molecule is CN=C(NCCCOCC(C)C)NCC1(C2CC2)CCC1. The van der Waals surface area contributed by atoms with Crippen molar-refractivity contribution in [2.45, 2.75) is 52.4 Å². The molecule has 2 aliphatic carbocycles. The second kappa shape index (κ2) is 8.02. The molecule has 0 atom stereocenters. The number of guanidine groups is 1. The third-order valence-electron chi connectivity index (χ3n) is 4.83. The van der Waals surface area contributed by atoms with Crippen LogP contribution in [0.5, 0.6) is 0 Å². The van der Waals surface area contributed by atoms with Gasteiger partial charge in [-0.2, -0.15) is 0 Å². The fraction of sp³-hybridized carbons (Fsp3) is 0.941. The maximum Gasteiger partial charge on any atom is 0.190 e. The minimum absolute atomic E-state index is 0.595. The van der Waals surface area contributed by atoms with E-state index >= 15 is 0 Å². The van der Waals surface area contributed by atoms with Gasteiger partial charge in [-0.05, 0) is 49.4 Å². The van der Waals surface area contributed by atoms with E-state index in [4.69, 9.17) is 4.74 Å². The van der Waals surface area contributed by atoms with Gasteiger partial charge in [0, 0.05) is 33.4 Å². The molecule has 0 amide bonds. The van der Waals surface area contributed by atoms with Gasteiger partial charge < -0.3 is 15.4 Å². The van der Waals surface area contributed by atoms with Crippen molar-refractivity contribution in [3.05, 3.63) is 0 Å². The summed E-state index contributed by atoms with van der Waals surface area (Å²) >= 11 is 0. The first-order valence-corrected chi connectivity index (χ1v) is 8.68. The molecule has 0 aromatic rings. The zero-order chi connectivity index (χ0) is 15.1. The van der Waals surface area contributed by atoms with E-state index in [0.29, 0.717) is 11.3 Å². The van der Waals surface area contributed by atoms with Crippen LogP contribution in [0.1, 0.15) is 52.4 Å². The Morgan fingerprint density at radius 1 is 1.29 bits per heavy atom. The summed E-state index contributed by atoms with van der Waals surface area (Å²) in [6, 6.07) is 0. The van der Waals surface area contributed by atoms with Gasteiger partial charge in [0.2, 0.25) is 0 Å². The first kappa shape index (κ1) is 16.6. The fourth-order valence-electron chi connectivity index (χ4n) is 3.24. The molecule has 0 aromatic heterocycles. The van der Waals surface area contributed by atoms with E-state index < -0.39 is 0 Å². The summed E-state index contributed by atoms with van der Waals surface area (Å²) in [5, 5.41) is 6.94. The average Bonchev–Trinajstić information content (AvgIpc) is 3.23. The predicted octanol–water partition coefficient (Wildman–Crippen LogP) is 2.79. The molecule has 0 aliphatic heterocycles. The standard InChI is InChI=1S/C17H33N3O/c1-14(2)12-21-11-5-10-19-16(18-3)20-13-17(8-4-9-17)15-6-7-15/h14-15H,4-13H2,1-3H3,(H2,18,19,20). The third-order valence-corrected chi connectivity index (χ3v) is 4.83. The molecule has 2 saturated carbocycles. The Bertz CT molecular complexity index is 333. The molecular weight excluding hydrogens is 262 g/mol. The van der Waals surface area contributed by atoms with Crippen molar-refractivity contribution in [2.24, 2.45) is 22.2 Å². The van der Waals surface area contributed by atoms with Gasteiger partial charge in [-0.3, -0.25) is 4.99 Å². The molecule has 0 saturated heterocycles. The lowest BCUT2D eigenvalue weighted by Gasteiger charge is -2.43. The highest BCUT2D eigenvalue weighted by Crippen LogP contribution is 2.56. The van der Waals surface area contributed by atoms with Crippen molar-refractivity contribution < 1.29 is 4.74 Å². The Labute approximate surface area is 130 Å². The zero-order valence-corrected chi connectivity index (χ0v) is 14.1. The highest BCUT2D eigenvalue weighted by molar-refractivity contribution is 5.79. The van der Waals surface area contributed by atoms with Crippen molar-refractivity contribution in [1.29, 1.82) is 0 Å². The Morgan fingerprint density at radius 3 is 2.57 bits per heavy atom. The van der Waals surface area contributed by atoms with Crippen molar-refractivity contribution in [1.82, 2.24) is 10.6 Å². The summed E-state index contributed by atoms with van der Waals surface area (Å²) in [6.45, 7) is 8.07.